The highest BCUT2D eigenvalue weighted by Crippen LogP contribution is 2.11. The zero-order chi connectivity index (χ0) is 9.64. The summed E-state index contributed by atoms with van der Waals surface area (Å²) < 4.78 is 10.0. The molecule has 0 saturated carbocycles. The summed E-state index contributed by atoms with van der Waals surface area (Å²) in [6.07, 6.45) is 3.70. The minimum Gasteiger partial charge on any atom is -0.373 e. The van der Waals surface area contributed by atoms with E-state index < -0.39 is 0 Å². The van der Waals surface area contributed by atoms with Crippen LogP contribution in [0.25, 0.3) is 0 Å². The highest BCUT2D eigenvalue weighted by atomic mass is 16.5. The van der Waals surface area contributed by atoms with Gasteiger partial charge in [0.25, 0.3) is 0 Å². The van der Waals surface area contributed by atoms with Gasteiger partial charge in [0.05, 0.1) is 0 Å². The first-order chi connectivity index (χ1) is 6.95. The molecule has 1 aliphatic rings. The van der Waals surface area contributed by atoms with Crippen molar-refractivity contribution in [2.75, 3.05) is 19.7 Å². The van der Waals surface area contributed by atoms with Crippen LogP contribution in [0.2, 0.25) is 0 Å². The van der Waals surface area contributed by atoms with Crippen LogP contribution >= 0.6 is 0 Å². The number of hydrogen-bond donors (Lipinski definition) is 1. The average Bonchev–Trinajstić information content (AvgIpc) is 2.86. The lowest BCUT2D eigenvalue weighted by atomic mass is 10.1. The fourth-order valence-corrected chi connectivity index (χ4v) is 1.63. The summed E-state index contributed by atoms with van der Waals surface area (Å²) in [5, 5.41) is 6.99. The molecule has 0 amide bonds. The molecule has 1 fully saturated rings. The molecular formula is C9H15N3O2. The summed E-state index contributed by atoms with van der Waals surface area (Å²) in [5.41, 5.74) is 0. The van der Waals surface area contributed by atoms with Gasteiger partial charge in [0.15, 0.2) is 5.82 Å². The Morgan fingerprint density at radius 3 is 3.36 bits per heavy atom. The van der Waals surface area contributed by atoms with Crippen molar-refractivity contribution < 1.29 is 9.26 Å². The molecule has 2 rings (SSSR count). The molecule has 1 saturated heterocycles. The van der Waals surface area contributed by atoms with E-state index in [1.165, 1.54) is 12.8 Å². The standard InChI is InChI=1S/C9H15N3O2/c1-3-10-5-8(1)2-4-13-6-9-11-7-14-12-9/h7-8,10H,1-6H2. The normalized spacial score (nSPS) is 21.6. The van der Waals surface area contributed by atoms with Gasteiger partial charge in [-0.1, -0.05) is 5.16 Å². The third-order valence-electron chi connectivity index (χ3n) is 2.47. The van der Waals surface area contributed by atoms with Crippen molar-refractivity contribution in [1.82, 2.24) is 15.5 Å². The molecule has 1 aromatic rings. The predicted octanol–water partition coefficient (Wildman–Crippen LogP) is 0.586. The van der Waals surface area contributed by atoms with E-state index in [0.29, 0.717) is 12.4 Å². The van der Waals surface area contributed by atoms with E-state index in [2.05, 4.69) is 20.0 Å². The van der Waals surface area contributed by atoms with Crippen molar-refractivity contribution in [2.24, 2.45) is 5.92 Å². The van der Waals surface area contributed by atoms with E-state index in [9.17, 15) is 0 Å². The maximum Gasteiger partial charge on any atom is 0.213 e. The van der Waals surface area contributed by atoms with Gasteiger partial charge >= 0.3 is 0 Å². The van der Waals surface area contributed by atoms with Gasteiger partial charge in [-0.25, -0.2) is 0 Å². The Kier molecular flexibility index (Phi) is 3.48. The number of rotatable bonds is 5. The minimum atomic E-state index is 0.455. The van der Waals surface area contributed by atoms with Gasteiger partial charge in [-0.2, -0.15) is 4.98 Å². The predicted molar refractivity (Wildman–Crippen MR) is 49.5 cm³/mol. The molecule has 1 unspecified atom stereocenters. The first-order valence-corrected chi connectivity index (χ1v) is 4.99. The molecule has 0 aliphatic carbocycles. The van der Waals surface area contributed by atoms with E-state index in [0.717, 1.165) is 32.0 Å². The van der Waals surface area contributed by atoms with Gasteiger partial charge < -0.3 is 14.6 Å². The summed E-state index contributed by atoms with van der Waals surface area (Å²) in [6.45, 7) is 3.51. The highest BCUT2D eigenvalue weighted by Gasteiger charge is 2.13. The van der Waals surface area contributed by atoms with Gasteiger partial charge in [-0.3, -0.25) is 0 Å². The van der Waals surface area contributed by atoms with Crippen molar-refractivity contribution >= 4 is 0 Å². The van der Waals surface area contributed by atoms with E-state index in [1.807, 2.05) is 0 Å². The van der Waals surface area contributed by atoms with Crippen molar-refractivity contribution in [2.45, 2.75) is 19.4 Å². The zero-order valence-corrected chi connectivity index (χ0v) is 8.11. The Labute approximate surface area is 82.8 Å². The van der Waals surface area contributed by atoms with Crippen molar-refractivity contribution in [3.8, 4) is 0 Å². The molecule has 1 N–H and O–H groups in total. The Balaban J connectivity index is 1.55. The number of nitrogens with zero attached hydrogens (tertiary/aromatic N) is 2. The largest absolute Gasteiger partial charge is 0.373 e. The Morgan fingerprint density at radius 1 is 1.64 bits per heavy atom. The van der Waals surface area contributed by atoms with E-state index in [4.69, 9.17) is 4.74 Å². The summed E-state index contributed by atoms with van der Waals surface area (Å²) in [4.78, 5) is 3.87. The molecular weight excluding hydrogens is 182 g/mol. The molecule has 0 spiro atoms. The lowest BCUT2D eigenvalue weighted by Crippen LogP contribution is -2.10. The third kappa shape index (κ3) is 2.78. The van der Waals surface area contributed by atoms with Crippen LogP contribution in [-0.2, 0) is 11.3 Å². The van der Waals surface area contributed by atoms with Gasteiger partial charge in [0.2, 0.25) is 6.39 Å². The lowest BCUT2D eigenvalue weighted by Gasteiger charge is -2.06. The fraction of sp³-hybridized carbons (Fsp3) is 0.778. The Morgan fingerprint density at radius 2 is 2.64 bits per heavy atom. The van der Waals surface area contributed by atoms with Gasteiger partial charge in [0, 0.05) is 6.61 Å². The van der Waals surface area contributed by atoms with Crippen LogP contribution in [0.3, 0.4) is 0 Å². The first kappa shape index (κ1) is 9.61. The van der Waals surface area contributed by atoms with Gasteiger partial charge in [-0.05, 0) is 31.8 Å². The Hall–Kier alpha value is -0.940. The molecule has 1 aliphatic heterocycles. The van der Waals surface area contributed by atoms with Crippen molar-refractivity contribution in [3.63, 3.8) is 0 Å². The van der Waals surface area contributed by atoms with Crippen molar-refractivity contribution in [3.05, 3.63) is 12.2 Å². The lowest BCUT2D eigenvalue weighted by molar-refractivity contribution is 0.102. The quantitative estimate of drug-likeness (QED) is 0.700. The average molecular weight is 197 g/mol. The summed E-state index contributed by atoms with van der Waals surface area (Å²) in [6, 6.07) is 0. The summed E-state index contributed by atoms with van der Waals surface area (Å²) in [5.74, 6) is 1.40. The van der Waals surface area contributed by atoms with E-state index in [-0.39, 0.29) is 0 Å². The topological polar surface area (TPSA) is 60.2 Å². The van der Waals surface area contributed by atoms with Crippen molar-refractivity contribution in [1.29, 1.82) is 0 Å². The molecule has 14 heavy (non-hydrogen) atoms. The first-order valence-electron chi connectivity index (χ1n) is 4.99. The summed E-state index contributed by atoms with van der Waals surface area (Å²) in [7, 11) is 0. The molecule has 5 heteroatoms. The van der Waals surface area contributed by atoms with E-state index in [1.54, 1.807) is 0 Å². The minimum absolute atomic E-state index is 0.455. The molecule has 0 bridgehead atoms. The molecule has 2 heterocycles. The van der Waals surface area contributed by atoms with Crippen LogP contribution in [0.4, 0.5) is 0 Å². The fourth-order valence-electron chi connectivity index (χ4n) is 1.63. The maximum atomic E-state index is 5.43. The highest BCUT2D eigenvalue weighted by molar-refractivity contribution is 4.73. The molecule has 5 nitrogen and oxygen atoms in total. The maximum absolute atomic E-state index is 5.43. The third-order valence-corrected chi connectivity index (χ3v) is 2.47. The summed E-state index contributed by atoms with van der Waals surface area (Å²) >= 11 is 0. The van der Waals surface area contributed by atoms with Gasteiger partial charge in [0.1, 0.15) is 6.61 Å². The number of aromatic nitrogens is 2. The van der Waals surface area contributed by atoms with Crippen LogP contribution in [0.15, 0.2) is 10.9 Å². The van der Waals surface area contributed by atoms with Crippen LogP contribution < -0.4 is 5.32 Å². The molecule has 1 aromatic heterocycles. The molecule has 78 valence electrons. The number of nitrogens with one attached hydrogen (secondary N) is 1. The SMILES string of the molecule is c1nc(COCCC2CCNC2)no1. The number of hydrogen-bond acceptors (Lipinski definition) is 5. The molecule has 1 atom stereocenters. The van der Waals surface area contributed by atoms with E-state index >= 15 is 0 Å². The molecule has 0 aromatic carbocycles. The second kappa shape index (κ2) is 5.07. The second-order valence-corrected chi connectivity index (χ2v) is 3.55. The van der Waals surface area contributed by atoms with Crippen LogP contribution in [-0.4, -0.2) is 29.8 Å². The number of ether oxygens (including phenoxy) is 1. The monoisotopic (exact) mass is 197 g/mol. The smallest absolute Gasteiger partial charge is 0.213 e. The van der Waals surface area contributed by atoms with Gasteiger partial charge in [-0.15, -0.1) is 0 Å². The Bertz CT molecular complexity index is 245. The molecule has 0 radical (unpaired) electrons. The van der Waals surface area contributed by atoms with Crippen LogP contribution in [0.5, 0.6) is 0 Å². The van der Waals surface area contributed by atoms with Crippen LogP contribution in [0, 0.1) is 5.92 Å². The second-order valence-electron chi connectivity index (χ2n) is 3.55. The zero-order valence-electron chi connectivity index (χ0n) is 8.11. The van der Waals surface area contributed by atoms with Crippen LogP contribution in [0.1, 0.15) is 18.7 Å².